The average Bonchev–Trinajstić information content (AvgIpc) is 2.45. The van der Waals surface area contributed by atoms with Crippen LogP contribution in [0.2, 0.25) is 0 Å². The molecular weight excluding hydrogens is 258 g/mol. The van der Waals surface area contributed by atoms with Crippen LogP contribution in [0, 0.1) is 0 Å². The maximum atomic E-state index is 11.9. The summed E-state index contributed by atoms with van der Waals surface area (Å²) in [6.07, 6.45) is 1.62. The summed E-state index contributed by atoms with van der Waals surface area (Å²) in [4.78, 5) is 23.1. The van der Waals surface area contributed by atoms with Crippen LogP contribution in [0.1, 0.15) is 24.9 Å². The number of carboxylic acids is 1. The van der Waals surface area contributed by atoms with Crippen molar-refractivity contribution in [3.05, 3.63) is 48.6 Å². The largest absolute Gasteiger partial charge is 0.479 e. The molecule has 1 amide bonds. The van der Waals surface area contributed by atoms with Gasteiger partial charge in [0.1, 0.15) is 6.10 Å². The molecule has 20 heavy (non-hydrogen) atoms. The van der Waals surface area contributed by atoms with Crippen LogP contribution in [-0.2, 0) is 14.3 Å². The molecule has 1 aromatic rings. The van der Waals surface area contributed by atoms with Crippen LogP contribution in [-0.4, -0.2) is 29.7 Å². The van der Waals surface area contributed by atoms with Crippen molar-refractivity contribution in [2.45, 2.75) is 25.5 Å². The van der Waals surface area contributed by atoms with E-state index in [9.17, 15) is 14.7 Å². The Hall–Kier alpha value is -2.14. The van der Waals surface area contributed by atoms with Crippen molar-refractivity contribution in [3.8, 4) is 0 Å². The Kier molecular flexibility index (Phi) is 6.46. The van der Waals surface area contributed by atoms with Gasteiger partial charge in [0.2, 0.25) is 5.91 Å². The van der Waals surface area contributed by atoms with Crippen molar-refractivity contribution in [2.24, 2.45) is 0 Å². The summed E-state index contributed by atoms with van der Waals surface area (Å²) in [5.41, 5.74) is 0.520. The monoisotopic (exact) mass is 277 g/mol. The number of ether oxygens (including phenoxy) is 1. The molecule has 0 bridgehead atoms. The van der Waals surface area contributed by atoms with Crippen LogP contribution < -0.4 is 5.32 Å². The summed E-state index contributed by atoms with van der Waals surface area (Å²) in [7, 11) is 0. The van der Waals surface area contributed by atoms with Gasteiger partial charge in [0.15, 0.2) is 6.04 Å². The van der Waals surface area contributed by atoms with E-state index in [0.717, 1.165) is 0 Å². The zero-order valence-corrected chi connectivity index (χ0v) is 11.4. The first-order chi connectivity index (χ1) is 9.56. The Morgan fingerprint density at radius 1 is 1.40 bits per heavy atom. The first-order valence-electron chi connectivity index (χ1n) is 6.37. The first-order valence-corrected chi connectivity index (χ1v) is 6.37. The molecule has 5 heteroatoms. The van der Waals surface area contributed by atoms with Crippen LogP contribution >= 0.6 is 0 Å². The van der Waals surface area contributed by atoms with Crippen LogP contribution in [0.4, 0.5) is 0 Å². The predicted molar refractivity (Wildman–Crippen MR) is 75.2 cm³/mol. The van der Waals surface area contributed by atoms with Gasteiger partial charge in [0.25, 0.3) is 0 Å². The Labute approximate surface area is 118 Å². The molecule has 0 aliphatic heterocycles. The van der Waals surface area contributed by atoms with Crippen molar-refractivity contribution in [1.29, 1.82) is 0 Å². The highest BCUT2D eigenvalue weighted by atomic mass is 16.5. The summed E-state index contributed by atoms with van der Waals surface area (Å²) >= 11 is 0. The SMILES string of the molecule is C=CCCOC(C)C(=O)NC(C(=O)O)c1ccccc1. The summed E-state index contributed by atoms with van der Waals surface area (Å²) in [6.45, 7) is 5.52. The average molecular weight is 277 g/mol. The molecule has 5 nitrogen and oxygen atoms in total. The van der Waals surface area contributed by atoms with E-state index in [-0.39, 0.29) is 0 Å². The van der Waals surface area contributed by atoms with Crippen molar-refractivity contribution >= 4 is 11.9 Å². The van der Waals surface area contributed by atoms with Gasteiger partial charge in [-0.05, 0) is 18.9 Å². The molecule has 0 fully saturated rings. The Balaban J connectivity index is 2.64. The van der Waals surface area contributed by atoms with E-state index < -0.39 is 24.0 Å². The normalized spacial score (nSPS) is 13.2. The molecule has 0 heterocycles. The summed E-state index contributed by atoms with van der Waals surface area (Å²) in [5, 5.41) is 11.7. The van der Waals surface area contributed by atoms with E-state index in [1.165, 1.54) is 0 Å². The second kappa shape index (κ2) is 8.12. The third-order valence-corrected chi connectivity index (χ3v) is 2.73. The Morgan fingerprint density at radius 2 is 2.05 bits per heavy atom. The lowest BCUT2D eigenvalue weighted by Gasteiger charge is -2.18. The Bertz CT molecular complexity index is 458. The minimum atomic E-state index is -1.11. The molecule has 0 radical (unpaired) electrons. The fourth-order valence-corrected chi connectivity index (χ4v) is 1.60. The van der Waals surface area contributed by atoms with Crippen molar-refractivity contribution in [2.75, 3.05) is 6.61 Å². The minimum absolute atomic E-state index is 0.376. The fourth-order valence-electron chi connectivity index (χ4n) is 1.60. The number of aliphatic carboxylic acids is 1. The van der Waals surface area contributed by atoms with E-state index in [0.29, 0.717) is 18.6 Å². The number of amides is 1. The number of hydrogen-bond acceptors (Lipinski definition) is 3. The quantitative estimate of drug-likeness (QED) is 0.562. The minimum Gasteiger partial charge on any atom is -0.479 e. The number of rotatable bonds is 8. The molecular formula is C15H19NO4. The maximum absolute atomic E-state index is 11.9. The predicted octanol–water partition coefficient (Wildman–Crippen LogP) is 1.91. The van der Waals surface area contributed by atoms with Gasteiger partial charge in [0, 0.05) is 0 Å². The molecule has 2 unspecified atom stereocenters. The van der Waals surface area contributed by atoms with Crippen LogP contribution in [0.25, 0.3) is 0 Å². The van der Waals surface area contributed by atoms with Gasteiger partial charge in [-0.3, -0.25) is 4.79 Å². The molecule has 0 saturated carbocycles. The van der Waals surface area contributed by atoms with E-state index in [2.05, 4.69) is 11.9 Å². The highest BCUT2D eigenvalue weighted by Crippen LogP contribution is 2.13. The third-order valence-electron chi connectivity index (χ3n) is 2.73. The van der Waals surface area contributed by atoms with Crippen LogP contribution in [0.5, 0.6) is 0 Å². The number of carbonyl (C=O) groups is 2. The smallest absolute Gasteiger partial charge is 0.330 e. The van der Waals surface area contributed by atoms with Gasteiger partial charge in [-0.1, -0.05) is 36.4 Å². The van der Waals surface area contributed by atoms with Gasteiger partial charge in [-0.2, -0.15) is 0 Å². The summed E-state index contributed by atoms with van der Waals surface area (Å²) < 4.78 is 5.28. The number of carboxylic acid groups (broad SMARTS) is 1. The Morgan fingerprint density at radius 3 is 2.60 bits per heavy atom. The molecule has 0 aliphatic rings. The zero-order chi connectivity index (χ0) is 15.0. The second-order valence-corrected chi connectivity index (χ2v) is 4.28. The van der Waals surface area contributed by atoms with Crippen LogP contribution in [0.3, 0.4) is 0 Å². The number of hydrogen-bond donors (Lipinski definition) is 2. The third kappa shape index (κ3) is 4.85. The molecule has 108 valence electrons. The van der Waals surface area contributed by atoms with E-state index >= 15 is 0 Å². The number of nitrogens with one attached hydrogen (secondary N) is 1. The molecule has 0 aliphatic carbocycles. The lowest BCUT2D eigenvalue weighted by molar-refractivity contribution is -0.144. The van der Waals surface area contributed by atoms with Gasteiger partial charge in [-0.25, -0.2) is 4.79 Å². The number of benzene rings is 1. The second-order valence-electron chi connectivity index (χ2n) is 4.28. The summed E-state index contributed by atoms with van der Waals surface area (Å²) in [6, 6.07) is 7.47. The van der Waals surface area contributed by atoms with Gasteiger partial charge in [-0.15, -0.1) is 6.58 Å². The highest BCUT2D eigenvalue weighted by Gasteiger charge is 2.24. The van der Waals surface area contributed by atoms with Crippen molar-refractivity contribution in [3.63, 3.8) is 0 Å². The maximum Gasteiger partial charge on any atom is 0.330 e. The highest BCUT2D eigenvalue weighted by molar-refractivity contribution is 5.86. The lowest BCUT2D eigenvalue weighted by atomic mass is 10.1. The molecule has 2 N–H and O–H groups in total. The lowest BCUT2D eigenvalue weighted by Crippen LogP contribution is -2.40. The topological polar surface area (TPSA) is 75.6 Å². The zero-order valence-electron chi connectivity index (χ0n) is 11.4. The van der Waals surface area contributed by atoms with E-state index in [1.54, 1.807) is 43.3 Å². The van der Waals surface area contributed by atoms with Gasteiger partial charge < -0.3 is 15.2 Å². The molecule has 0 aromatic heterocycles. The van der Waals surface area contributed by atoms with Crippen LogP contribution in [0.15, 0.2) is 43.0 Å². The van der Waals surface area contributed by atoms with Crippen molar-refractivity contribution in [1.82, 2.24) is 5.32 Å². The first kappa shape index (κ1) is 15.9. The fraction of sp³-hybridized carbons (Fsp3) is 0.333. The van der Waals surface area contributed by atoms with E-state index in [1.807, 2.05) is 0 Å². The van der Waals surface area contributed by atoms with Crippen molar-refractivity contribution < 1.29 is 19.4 Å². The standard InChI is InChI=1S/C15H19NO4/c1-3-4-10-20-11(2)14(17)16-13(15(18)19)12-8-6-5-7-9-12/h3,5-9,11,13H,1,4,10H2,2H3,(H,16,17)(H,18,19). The van der Waals surface area contributed by atoms with Gasteiger partial charge in [0.05, 0.1) is 6.61 Å². The summed E-state index contributed by atoms with van der Waals surface area (Å²) in [5.74, 6) is -1.56. The number of carbonyl (C=O) groups excluding carboxylic acids is 1. The van der Waals surface area contributed by atoms with Gasteiger partial charge >= 0.3 is 5.97 Å². The molecule has 1 rings (SSSR count). The molecule has 0 saturated heterocycles. The molecule has 0 spiro atoms. The molecule has 1 aromatic carbocycles. The molecule has 2 atom stereocenters. The van der Waals surface area contributed by atoms with E-state index in [4.69, 9.17) is 4.74 Å².